The van der Waals surface area contributed by atoms with Gasteiger partial charge in [-0.15, -0.1) is 0 Å². The molecule has 0 saturated heterocycles. The molecule has 26 heavy (non-hydrogen) atoms. The normalized spacial score (nSPS) is 11.6. The Bertz CT molecular complexity index is 937. The van der Waals surface area contributed by atoms with Crippen molar-refractivity contribution in [3.63, 3.8) is 0 Å². The van der Waals surface area contributed by atoms with E-state index in [0.29, 0.717) is 23.6 Å². The van der Waals surface area contributed by atoms with Crippen LogP contribution in [0.15, 0.2) is 36.4 Å². The molecule has 0 N–H and O–H groups in total. The minimum Gasteiger partial charge on any atom is -0.497 e. The summed E-state index contributed by atoms with van der Waals surface area (Å²) in [6.45, 7) is 8.30. The van der Waals surface area contributed by atoms with Crippen LogP contribution in [0.1, 0.15) is 43.9 Å². The molecule has 0 unspecified atom stereocenters. The molecule has 136 valence electrons. The first-order valence-corrected chi connectivity index (χ1v) is 8.56. The fraction of sp³-hybridized carbons (Fsp3) is 0.350. The molecule has 0 spiro atoms. The summed E-state index contributed by atoms with van der Waals surface area (Å²) in [7, 11) is 1.62. The van der Waals surface area contributed by atoms with E-state index in [0.717, 1.165) is 17.0 Å². The predicted molar refractivity (Wildman–Crippen MR) is 99.6 cm³/mol. The molecular weight excluding hydrogens is 330 g/mol. The second kappa shape index (κ2) is 6.78. The van der Waals surface area contributed by atoms with Gasteiger partial charge in [0.25, 0.3) is 0 Å². The molecule has 0 bridgehead atoms. The molecular formula is C20H23N3O3. The lowest BCUT2D eigenvalue weighted by Gasteiger charge is -2.13. The molecule has 0 aliphatic heterocycles. The highest BCUT2D eigenvalue weighted by Crippen LogP contribution is 2.26. The van der Waals surface area contributed by atoms with Crippen molar-refractivity contribution in [3.8, 4) is 17.0 Å². The molecule has 3 aromatic rings. The molecule has 6 heteroatoms. The lowest BCUT2D eigenvalue weighted by atomic mass is 9.93. The summed E-state index contributed by atoms with van der Waals surface area (Å²) in [4.78, 5) is 17.2. The second-order valence-electron chi connectivity index (χ2n) is 7.03. The SMILES string of the molecule is CCOC(=O)c1cc(-c2ccc(OC)cc2)nc2cc(C(C)(C)C)nn12. The van der Waals surface area contributed by atoms with Crippen LogP contribution in [-0.4, -0.2) is 34.3 Å². The second-order valence-corrected chi connectivity index (χ2v) is 7.03. The summed E-state index contributed by atoms with van der Waals surface area (Å²) in [5, 5.41) is 4.58. The number of benzene rings is 1. The lowest BCUT2D eigenvalue weighted by Crippen LogP contribution is -2.15. The van der Waals surface area contributed by atoms with Crippen molar-refractivity contribution in [2.45, 2.75) is 33.1 Å². The lowest BCUT2D eigenvalue weighted by molar-refractivity contribution is 0.0516. The van der Waals surface area contributed by atoms with Crippen molar-refractivity contribution in [2.75, 3.05) is 13.7 Å². The molecule has 0 fully saturated rings. The van der Waals surface area contributed by atoms with E-state index < -0.39 is 5.97 Å². The van der Waals surface area contributed by atoms with Crippen molar-refractivity contribution in [1.29, 1.82) is 0 Å². The quantitative estimate of drug-likeness (QED) is 0.666. The molecule has 0 atom stereocenters. The van der Waals surface area contributed by atoms with Crippen molar-refractivity contribution >= 4 is 11.6 Å². The van der Waals surface area contributed by atoms with E-state index >= 15 is 0 Å². The van der Waals surface area contributed by atoms with Crippen LogP contribution in [0.5, 0.6) is 5.75 Å². The number of hydrogen-bond acceptors (Lipinski definition) is 5. The summed E-state index contributed by atoms with van der Waals surface area (Å²) < 4.78 is 12.0. The summed E-state index contributed by atoms with van der Waals surface area (Å²) in [6.07, 6.45) is 0. The molecule has 0 aliphatic rings. The summed E-state index contributed by atoms with van der Waals surface area (Å²) in [5.74, 6) is 0.345. The fourth-order valence-corrected chi connectivity index (χ4v) is 2.60. The minimum atomic E-state index is -0.418. The summed E-state index contributed by atoms with van der Waals surface area (Å²) >= 11 is 0. The zero-order chi connectivity index (χ0) is 18.9. The van der Waals surface area contributed by atoms with Crippen LogP contribution in [-0.2, 0) is 10.2 Å². The van der Waals surface area contributed by atoms with Crippen molar-refractivity contribution in [2.24, 2.45) is 0 Å². The van der Waals surface area contributed by atoms with E-state index in [-0.39, 0.29) is 5.41 Å². The first-order valence-electron chi connectivity index (χ1n) is 8.56. The molecule has 2 heterocycles. The monoisotopic (exact) mass is 353 g/mol. The van der Waals surface area contributed by atoms with Crippen LogP contribution in [0.25, 0.3) is 16.9 Å². The highest BCUT2D eigenvalue weighted by Gasteiger charge is 2.22. The van der Waals surface area contributed by atoms with E-state index in [1.165, 1.54) is 0 Å². The average molecular weight is 353 g/mol. The Morgan fingerprint density at radius 1 is 1.15 bits per heavy atom. The van der Waals surface area contributed by atoms with E-state index in [2.05, 4.69) is 25.9 Å². The number of esters is 1. The maximum absolute atomic E-state index is 12.5. The first kappa shape index (κ1) is 17.9. The molecule has 0 saturated carbocycles. The topological polar surface area (TPSA) is 65.7 Å². The number of nitrogens with zero attached hydrogens (tertiary/aromatic N) is 3. The molecule has 1 aromatic carbocycles. The number of hydrogen-bond donors (Lipinski definition) is 0. The molecule has 0 amide bonds. The van der Waals surface area contributed by atoms with Gasteiger partial charge in [0.1, 0.15) is 5.75 Å². The van der Waals surface area contributed by atoms with Gasteiger partial charge in [0.2, 0.25) is 0 Å². The zero-order valence-electron chi connectivity index (χ0n) is 15.7. The number of fused-ring (bicyclic) bond motifs is 1. The van der Waals surface area contributed by atoms with Gasteiger partial charge < -0.3 is 9.47 Å². The number of rotatable bonds is 4. The Morgan fingerprint density at radius 3 is 2.42 bits per heavy atom. The fourth-order valence-electron chi connectivity index (χ4n) is 2.60. The Morgan fingerprint density at radius 2 is 1.85 bits per heavy atom. The van der Waals surface area contributed by atoms with Gasteiger partial charge in [0.15, 0.2) is 11.3 Å². The Kier molecular flexibility index (Phi) is 4.68. The maximum atomic E-state index is 12.5. The van der Waals surface area contributed by atoms with E-state index in [9.17, 15) is 4.79 Å². The third-order valence-corrected chi connectivity index (χ3v) is 4.07. The van der Waals surface area contributed by atoms with Crippen LogP contribution in [0.4, 0.5) is 0 Å². The van der Waals surface area contributed by atoms with Gasteiger partial charge in [0, 0.05) is 17.0 Å². The van der Waals surface area contributed by atoms with Gasteiger partial charge in [-0.05, 0) is 37.3 Å². The molecule has 0 radical (unpaired) electrons. The molecule has 2 aromatic heterocycles. The van der Waals surface area contributed by atoms with Gasteiger partial charge in [-0.2, -0.15) is 5.10 Å². The van der Waals surface area contributed by atoms with Crippen LogP contribution < -0.4 is 4.74 Å². The van der Waals surface area contributed by atoms with Gasteiger partial charge >= 0.3 is 5.97 Å². The summed E-state index contributed by atoms with van der Waals surface area (Å²) in [5.41, 5.74) is 3.26. The number of aromatic nitrogens is 3. The highest BCUT2D eigenvalue weighted by molar-refractivity contribution is 5.89. The van der Waals surface area contributed by atoms with Crippen molar-refractivity contribution in [1.82, 2.24) is 14.6 Å². The number of carbonyl (C=O) groups excluding carboxylic acids is 1. The first-order chi connectivity index (χ1) is 12.3. The average Bonchev–Trinajstić information content (AvgIpc) is 3.05. The van der Waals surface area contributed by atoms with Crippen molar-refractivity contribution in [3.05, 3.63) is 47.8 Å². The van der Waals surface area contributed by atoms with Crippen LogP contribution in [0.2, 0.25) is 0 Å². The summed E-state index contributed by atoms with van der Waals surface area (Å²) in [6, 6.07) is 11.2. The Hall–Kier alpha value is -2.89. The number of methoxy groups -OCH3 is 1. The van der Waals surface area contributed by atoms with Crippen LogP contribution in [0, 0.1) is 0 Å². The van der Waals surface area contributed by atoms with Gasteiger partial charge in [0.05, 0.1) is 25.1 Å². The third-order valence-electron chi connectivity index (χ3n) is 4.07. The molecule has 6 nitrogen and oxygen atoms in total. The third kappa shape index (κ3) is 3.40. The molecule has 3 rings (SSSR count). The smallest absolute Gasteiger partial charge is 0.357 e. The van der Waals surface area contributed by atoms with Crippen LogP contribution >= 0.6 is 0 Å². The van der Waals surface area contributed by atoms with E-state index in [1.54, 1.807) is 24.6 Å². The maximum Gasteiger partial charge on any atom is 0.357 e. The predicted octanol–water partition coefficient (Wildman–Crippen LogP) is 3.88. The standard InChI is InChI=1S/C20H23N3O3/c1-6-26-19(24)16-11-15(13-7-9-14(25-5)10-8-13)21-18-12-17(20(2,3)4)22-23(16)18/h7-12H,6H2,1-5H3. The van der Waals surface area contributed by atoms with Crippen molar-refractivity contribution < 1.29 is 14.3 Å². The van der Waals surface area contributed by atoms with Gasteiger partial charge in [-0.1, -0.05) is 20.8 Å². The van der Waals surface area contributed by atoms with Gasteiger partial charge in [-0.25, -0.2) is 14.3 Å². The highest BCUT2D eigenvalue weighted by atomic mass is 16.5. The molecule has 0 aliphatic carbocycles. The largest absolute Gasteiger partial charge is 0.497 e. The zero-order valence-corrected chi connectivity index (χ0v) is 15.7. The Labute approximate surface area is 152 Å². The van der Waals surface area contributed by atoms with Gasteiger partial charge in [-0.3, -0.25) is 0 Å². The number of carbonyl (C=O) groups is 1. The number of ether oxygens (including phenoxy) is 2. The van der Waals surface area contributed by atoms with E-state index in [4.69, 9.17) is 14.5 Å². The Balaban J connectivity index is 2.19. The minimum absolute atomic E-state index is 0.153. The van der Waals surface area contributed by atoms with E-state index in [1.807, 2.05) is 30.3 Å². The van der Waals surface area contributed by atoms with Crippen LogP contribution in [0.3, 0.4) is 0 Å².